The van der Waals surface area contributed by atoms with Crippen molar-refractivity contribution < 1.29 is 5.11 Å². The second-order valence-corrected chi connectivity index (χ2v) is 5.92. The van der Waals surface area contributed by atoms with Gasteiger partial charge in [0.2, 0.25) is 0 Å². The normalized spacial score (nSPS) is 34.6. The molecular formula is C11H16BrN3O. The van der Waals surface area contributed by atoms with Gasteiger partial charge in [-0.15, -0.1) is 5.10 Å². The maximum Gasteiger partial charge on any atom is 0.154 e. The molecule has 16 heavy (non-hydrogen) atoms. The molecule has 4 atom stereocenters. The van der Waals surface area contributed by atoms with E-state index in [1.807, 2.05) is 7.05 Å². The lowest BCUT2D eigenvalue weighted by molar-refractivity contribution is 0.0671. The molecule has 4 unspecified atom stereocenters. The third kappa shape index (κ3) is 1.52. The summed E-state index contributed by atoms with van der Waals surface area (Å²) in [6, 6.07) is 0. The van der Waals surface area contributed by atoms with Crippen LogP contribution in [0.25, 0.3) is 0 Å². The molecule has 3 rings (SSSR count). The Morgan fingerprint density at radius 3 is 2.75 bits per heavy atom. The van der Waals surface area contributed by atoms with Crippen LogP contribution in [0, 0.1) is 17.8 Å². The van der Waals surface area contributed by atoms with Crippen LogP contribution >= 0.6 is 15.9 Å². The summed E-state index contributed by atoms with van der Waals surface area (Å²) in [5.74, 6) is 1.97. The highest BCUT2D eigenvalue weighted by Crippen LogP contribution is 2.52. The predicted molar refractivity (Wildman–Crippen MR) is 62.6 cm³/mol. The van der Waals surface area contributed by atoms with Gasteiger partial charge in [-0.25, -0.2) is 4.68 Å². The Morgan fingerprint density at radius 1 is 1.44 bits per heavy atom. The highest BCUT2D eigenvalue weighted by Gasteiger charge is 2.44. The van der Waals surface area contributed by atoms with Gasteiger partial charge < -0.3 is 5.11 Å². The molecule has 0 aromatic carbocycles. The largest absolute Gasteiger partial charge is 0.386 e. The zero-order valence-electron chi connectivity index (χ0n) is 9.30. The molecule has 2 saturated carbocycles. The first-order valence-electron chi connectivity index (χ1n) is 5.90. The minimum Gasteiger partial charge on any atom is -0.386 e. The number of hydrogen-bond donors (Lipinski definition) is 1. The van der Waals surface area contributed by atoms with Crippen molar-refractivity contribution in [3.8, 4) is 0 Å². The van der Waals surface area contributed by atoms with Gasteiger partial charge in [0.05, 0.1) is 0 Å². The second-order valence-electron chi connectivity index (χ2n) is 5.17. The molecule has 2 bridgehead atoms. The molecule has 2 aliphatic carbocycles. The monoisotopic (exact) mass is 285 g/mol. The van der Waals surface area contributed by atoms with Crippen LogP contribution in [-0.2, 0) is 7.05 Å². The quantitative estimate of drug-likeness (QED) is 0.905. The maximum atomic E-state index is 10.5. The van der Waals surface area contributed by atoms with E-state index in [0.29, 0.717) is 16.4 Å². The number of aryl methyl sites for hydroxylation is 1. The average molecular weight is 286 g/mol. The number of aliphatic hydroxyl groups is 1. The van der Waals surface area contributed by atoms with Crippen molar-refractivity contribution in [2.45, 2.75) is 31.8 Å². The fourth-order valence-electron chi connectivity index (χ4n) is 3.54. The Kier molecular flexibility index (Phi) is 2.55. The van der Waals surface area contributed by atoms with Crippen molar-refractivity contribution in [1.82, 2.24) is 15.0 Å². The van der Waals surface area contributed by atoms with E-state index in [1.54, 1.807) is 4.68 Å². The molecule has 0 spiro atoms. The summed E-state index contributed by atoms with van der Waals surface area (Å²) >= 11 is 3.36. The topological polar surface area (TPSA) is 50.9 Å². The number of hydrogen-bond acceptors (Lipinski definition) is 3. The van der Waals surface area contributed by atoms with Gasteiger partial charge in [0.1, 0.15) is 11.8 Å². The van der Waals surface area contributed by atoms with Crippen molar-refractivity contribution in [2.24, 2.45) is 24.8 Å². The van der Waals surface area contributed by atoms with Crippen molar-refractivity contribution in [3.63, 3.8) is 0 Å². The van der Waals surface area contributed by atoms with Crippen LogP contribution in [0.4, 0.5) is 0 Å². The molecule has 1 aromatic heterocycles. The molecule has 2 fully saturated rings. The van der Waals surface area contributed by atoms with E-state index in [-0.39, 0.29) is 0 Å². The molecule has 1 heterocycles. The summed E-state index contributed by atoms with van der Waals surface area (Å²) < 4.78 is 2.37. The third-order valence-electron chi connectivity index (χ3n) is 4.31. The van der Waals surface area contributed by atoms with E-state index in [1.165, 1.54) is 25.7 Å². The first-order valence-corrected chi connectivity index (χ1v) is 6.69. The van der Waals surface area contributed by atoms with E-state index in [9.17, 15) is 5.11 Å². The molecule has 1 aromatic rings. The lowest BCUT2D eigenvalue weighted by atomic mass is 9.83. The molecule has 0 aliphatic heterocycles. The van der Waals surface area contributed by atoms with Gasteiger partial charge in [-0.3, -0.25) is 0 Å². The zero-order valence-corrected chi connectivity index (χ0v) is 10.9. The van der Waals surface area contributed by atoms with Gasteiger partial charge in [0.25, 0.3) is 0 Å². The van der Waals surface area contributed by atoms with E-state index >= 15 is 0 Å². The van der Waals surface area contributed by atoms with Crippen LogP contribution in [0.5, 0.6) is 0 Å². The minimum absolute atomic E-state index is 0.409. The average Bonchev–Trinajstić information content (AvgIpc) is 2.93. The van der Waals surface area contributed by atoms with E-state index in [4.69, 9.17) is 0 Å². The van der Waals surface area contributed by atoms with Crippen molar-refractivity contribution in [1.29, 1.82) is 0 Å². The van der Waals surface area contributed by atoms with Gasteiger partial charge >= 0.3 is 0 Å². The first kappa shape index (κ1) is 10.7. The van der Waals surface area contributed by atoms with Gasteiger partial charge in [-0.1, -0.05) is 11.6 Å². The standard InChI is InChI=1S/C11H16BrN3O/c1-15-9(11(12)13-14-15)10(16)8-5-6-2-3-7(8)4-6/h6-8,10,16H,2-5H2,1H3. The molecule has 0 amide bonds. The van der Waals surface area contributed by atoms with Crippen LogP contribution in [0.3, 0.4) is 0 Å². The number of fused-ring (bicyclic) bond motifs is 2. The zero-order chi connectivity index (χ0) is 11.3. The van der Waals surface area contributed by atoms with E-state index in [0.717, 1.165) is 11.6 Å². The van der Waals surface area contributed by atoms with Crippen LogP contribution < -0.4 is 0 Å². The molecular weight excluding hydrogens is 270 g/mol. The number of halogens is 1. The Labute approximate surface area is 103 Å². The van der Waals surface area contributed by atoms with Crippen LogP contribution in [-0.4, -0.2) is 20.1 Å². The van der Waals surface area contributed by atoms with Crippen LogP contribution in [0.15, 0.2) is 4.60 Å². The fourth-order valence-corrected chi connectivity index (χ4v) is 4.10. The molecule has 1 N–H and O–H groups in total. The molecule has 2 aliphatic rings. The number of nitrogens with zero attached hydrogens (tertiary/aromatic N) is 3. The van der Waals surface area contributed by atoms with E-state index in [2.05, 4.69) is 26.2 Å². The van der Waals surface area contributed by atoms with Crippen molar-refractivity contribution >= 4 is 15.9 Å². The fraction of sp³-hybridized carbons (Fsp3) is 0.818. The number of rotatable bonds is 2. The Bertz CT molecular complexity index is 386. The molecule has 4 nitrogen and oxygen atoms in total. The summed E-state index contributed by atoms with van der Waals surface area (Å²) in [5, 5.41) is 18.3. The van der Waals surface area contributed by atoms with E-state index < -0.39 is 6.10 Å². The van der Waals surface area contributed by atoms with Gasteiger partial charge in [0, 0.05) is 7.05 Å². The summed E-state index contributed by atoms with van der Waals surface area (Å²) in [6.07, 6.45) is 4.71. The summed E-state index contributed by atoms with van der Waals surface area (Å²) in [6.45, 7) is 0. The van der Waals surface area contributed by atoms with Crippen molar-refractivity contribution in [3.05, 3.63) is 10.3 Å². The minimum atomic E-state index is -0.412. The van der Waals surface area contributed by atoms with Crippen molar-refractivity contribution in [2.75, 3.05) is 0 Å². The summed E-state index contributed by atoms with van der Waals surface area (Å²) in [5.41, 5.74) is 0.831. The third-order valence-corrected chi connectivity index (χ3v) is 4.87. The summed E-state index contributed by atoms with van der Waals surface area (Å²) in [4.78, 5) is 0. The maximum absolute atomic E-state index is 10.5. The number of aliphatic hydroxyl groups excluding tert-OH is 1. The smallest absolute Gasteiger partial charge is 0.154 e. The lowest BCUT2D eigenvalue weighted by Gasteiger charge is -2.26. The van der Waals surface area contributed by atoms with Crippen LogP contribution in [0.2, 0.25) is 0 Å². The SMILES string of the molecule is Cn1nnc(Br)c1C(O)C1CC2CCC1C2. The molecule has 5 heteroatoms. The highest BCUT2D eigenvalue weighted by atomic mass is 79.9. The highest BCUT2D eigenvalue weighted by molar-refractivity contribution is 9.10. The lowest BCUT2D eigenvalue weighted by Crippen LogP contribution is -2.21. The van der Waals surface area contributed by atoms with Gasteiger partial charge in [-0.05, 0) is 52.9 Å². The van der Waals surface area contributed by atoms with Gasteiger partial charge in [0.15, 0.2) is 4.60 Å². The molecule has 0 radical (unpaired) electrons. The van der Waals surface area contributed by atoms with Crippen LogP contribution in [0.1, 0.15) is 37.5 Å². The van der Waals surface area contributed by atoms with Gasteiger partial charge in [-0.2, -0.15) is 0 Å². The Morgan fingerprint density at radius 2 is 2.25 bits per heavy atom. The second kappa shape index (κ2) is 3.81. The first-order chi connectivity index (χ1) is 7.66. The predicted octanol–water partition coefficient (Wildman–Crippen LogP) is 2.05. The Hall–Kier alpha value is -0.420. The molecule has 88 valence electrons. The summed E-state index contributed by atoms with van der Waals surface area (Å²) in [7, 11) is 1.84. The molecule has 0 saturated heterocycles. The number of aromatic nitrogens is 3. The Balaban J connectivity index is 1.85.